The molecule has 3 N–H and O–H groups in total. The molecular formula is C18H26N2O4. The van der Waals surface area contributed by atoms with E-state index in [1.807, 2.05) is 37.3 Å². The van der Waals surface area contributed by atoms with E-state index in [0.29, 0.717) is 6.42 Å². The van der Waals surface area contributed by atoms with Crippen molar-refractivity contribution in [2.24, 2.45) is 0 Å². The molecule has 0 unspecified atom stereocenters. The summed E-state index contributed by atoms with van der Waals surface area (Å²) in [5, 5.41) is 21.4. The Morgan fingerprint density at radius 3 is 2.58 bits per heavy atom. The van der Waals surface area contributed by atoms with Gasteiger partial charge in [0.1, 0.15) is 0 Å². The Morgan fingerprint density at radius 2 is 1.96 bits per heavy atom. The third-order valence-electron chi connectivity index (χ3n) is 4.66. The minimum Gasteiger partial charge on any atom is -0.481 e. The van der Waals surface area contributed by atoms with Crippen LogP contribution in [0.15, 0.2) is 30.3 Å². The number of benzene rings is 1. The van der Waals surface area contributed by atoms with Gasteiger partial charge in [0.2, 0.25) is 0 Å². The molecule has 6 nitrogen and oxygen atoms in total. The Hall–Kier alpha value is -2.08. The molecule has 3 atom stereocenters. The lowest BCUT2D eigenvalue weighted by atomic mass is 10.00. The van der Waals surface area contributed by atoms with E-state index < -0.39 is 5.97 Å². The number of aliphatic carboxylic acids is 1. The molecule has 132 valence electrons. The fourth-order valence-electron chi connectivity index (χ4n) is 3.32. The van der Waals surface area contributed by atoms with Crippen LogP contribution in [0.4, 0.5) is 4.79 Å². The molecule has 1 fully saturated rings. The largest absolute Gasteiger partial charge is 0.481 e. The number of hydrogen-bond acceptors (Lipinski definition) is 3. The number of rotatable bonds is 9. The number of aliphatic hydroxyl groups is 1. The van der Waals surface area contributed by atoms with E-state index in [4.69, 9.17) is 5.11 Å². The summed E-state index contributed by atoms with van der Waals surface area (Å²) in [7, 11) is 0. The minimum atomic E-state index is -0.766. The molecule has 0 saturated carbocycles. The number of carbonyl (C=O) groups is 2. The Morgan fingerprint density at radius 1 is 1.25 bits per heavy atom. The first-order chi connectivity index (χ1) is 11.5. The number of nitrogens with zero attached hydrogens (tertiary/aromatic N) is 1. The highest BCUT2D eigenvalue weighted by molar-refractivity contribution is 5.78. The normalized spacial score (nSPS) is 21.6. The first kappa shape index (κ1) is 18.3. The Kier molecular flexibility index (Phi) is 6.61. The minimum absolute atomic E-state index is 0.0191. The zero-order valence-corrected chi connectivity index (χ0v) is 14.0. The lowest BCUT2D eigenvalue weighted by molar-refractivity contribution is -0.137. The van der Waals surface area contributed by atoms with Gasteiger partial charge in [-0.2, -0.15) is 0 Å². The average Bonchev–Trinajstić information content (AvgIpc) is 2.84. The highest BCUT2D eigenvalue weighted by Gasteiger charge is 2.40. The van der Waals surface area contributed by atoms with Crippen molar-refractivity contribution in [2.45, 2.75) is 57.2 Å². The van der Waals surface area contributed by atoms with Crippen molar-refractivity contribution >= 4 is 12.0 Å². The van der Waals surface area contributed by atoms with Crippen molar-refractivity contribution in [1.29, 1.82) is 0 Å². The molecule has 0 bridgehead atoms. The molecule has 2 amide bonds. The van der Waals surface area contributed by atoms with Gasteiger partial charge in [-0.15, -0.1) is 0 Å². The van der Waals surface area contributed by atoms with Crippen LogP contribution in [0.2, 0.25) is 0 Å². The smallest absolute Gasteiger partial charge is 0.318 e. The van der Waals surface area contributed by atoms with Crippen LogP contribution in [0.3, 0.4) is 0 Å². The maximum absolute atomic E-state index is 12.4. The van der Waals surface area contributed by atoms with Crippen LogP contribution < -0.4 is 5.32 Å². The summed E-state index contributed by atoms with van der Waals surface area (Å²) in [5.41, 5.74) is 0.920. The zero-order chi connectivity index (χ0) is 17.5. The van der Waals surface area contributed by atoms with Crippen LogP contribution in [0.1, 0.15) is 50.6 Å². The third kappa shape index (κ3) is 4.47. The molecule has 1 aliphatic heterocycles. The average molecular weight is 334 g/mol. The number of hydrogen-bond donors (Lipinski definition) is 3. The van der Waals surface area contributed by atoms with Gasteiger partial charge >= 0.3 is 12.0 Å². The Bertz CT molecular complexity index is 549. The number of carbonyl (C=O) groups excluding carboxylic acids is 1. The Balaban J connectivity index is 1.93. The Labute approximate surface area is 142 Å². The molecule has 1 aliphatic rings. The van der Waals surface area contributed by atoms with Gasteiger partial charge < -0.3 is 20.4 Å². The van der Waals surface area contributed by atoms with Crippen LogP contribution in [-0.4, -0.2) is 45.8 Å². The topological polar surface area (TPSA) is 89.9 Å². The summed E-state index contributed by atoms with van der Waals surface area (Å²) in [6.07, 6.45) is 3.39. The van der Waals surface area contributed by atoms with Gasteiger partial charge in [0.25, 0.3) is 0 Å². The van der Waals surface area contributed by atoms with E-state index in [-0.39, 0.29) is 37.2 Å². The standard InChI is InChI=1S/C18H26N2O4/c1-13-15(10-6-3-7-11-17(22)23)19-18(24)20(13)16(12-21)14-8-4-2-5-9-14/h2,4-5,8-9,13,15-16,21H,3,6-7,10-12H2,1H3,(H,19,24)(H,22,23)/t13-,15+,16+/m1/s1. The fraction of sp³-hybridized carbons (Fsp3) is 0.556. The summed E-state index contributed by atoms with van der Waals surface area (Å²) >= 11 is 0. The number of urea groups is 1. The van der Waals surface area contributed by atoms with Crippen molar-refractivity contribution in [2.75, 3.05) is 6.61 Å². The fourth-order valence-corrected chi connectivity index (χ4v) is 3.32. The van der Waals surface area contributed by atoms with Crippen molar-refractivity contribution < 1.29 is 19.8 Å². The molecule has 0 aliphatic carbocycles. The number of amides is 2. The first-order valence-electron chi connectivity index (χ1n) is 8.51. The van der Waals surface area contributed by atoms with Gasteiger partial charge in [0, 0.05) is 6.42 Å². The van der Waals surface area contributed by atoms with Gasteiger partial charge in [-0.3, -0.25) is 4.79 Å². The van der Waals surface area contributed by atoms with E-state index in [0.717, 1.165) is 24.8 Å². The molecule has 0 aromatic heterocycles. The van der Waals surface area contributed by atoms with E-state index >= 15 is 0 Å². The van der Waals surface area contributed by atoms with Crippen LogP contribution >= 0.6 is 0 Å². The molecule has 0 radical (unpaired) electrons. The van der Waals surface area contributed by atoms with Crippen LogP contribution in [0.25, 0.3) is 0 Å². The summed E-state index contributed by atoms with van der Waals surface area (Å²) in [4.78, 5) is 24.6. The number of unbranched alkanes of at least 4 members (excludes halogenated alkanes) is 2. The van der Waals surface area contributed by atoms with E-state index in [1.165, 1.54) is 0 Å². The third-order valence-corrected chi connectivity index (χ3v) is 4.66. The van der Waals surface area contributed by atoms with Gasteiger partial charge in [-0.05, 0) is 25.3 Å². The van der Waals surface area contributed by atoms with E-state index in [1.54, 1.807) is 4.90 Å². The second-order valence-corrected chi connectivity index (χ2v) is 6.31. The lowest BCUT2D eigenvalue weighted by Crippen LogP contribution is -2.39. The number of carboxylic acids is 1. The van der Waals surface area contributed by atoms with E-state index in [2.05, 4.69) is 5.32 Å². The summed E-state index contributed by atoms with van der Waals surface area (Å²) in [6.45, 7) is 1.87. The molecule has 1 heterocycles. The summed E-state index contributed by atoms with van der Waals surface area (Å²) < 4.78 is 0. The maximum Gasteiger partial charge on any atom is 0.318 e. The predicted octanol–water partition coefficient (Wildman–Crippen LogP) is 2.54. The predicted molar refractivity (Wildman–Crippen MR) is 90.6 cm³/mol. The number of aliphatic hydroxyl groups excluding tert-OH is 1. The molecule has 0 spiro atoms. The van der Waals surface area contributed by atoms with Crippen molar-refractivity contribution in [3.05, 3.63) is 35.9 Å². The number of carboxylic acid groups (broad SMARTS) is 1. The second kappa shape index (κ2) is 8.68. The lowest BCUT2D eigenvalue weighted by Gasteiger charge is -2.30. The monoisotopic (exact) mass is 334 g/mol. The molecular weight excluding hydrogens is 308 g/mol. The van der Waals surface area contributed by atoms with Crippen molar-refractivity contribution in [1.82, 2.24) is 10.2 Å². The van der Waals surface area contributed by atoms with Crippen LogP contribution in [-0.2, 0) is 4.79 Å². The molecule has 1 aromatic carbocycles. The van der Waals surface area contributed by atoms with Crippen molar-refractivity contribution in [3.63, 3.8) is 0 Å². The van der Waals surface area contributed by atoms with E-state index in [9.17, 15) is 14.7 Å². The van der Waals surface area contributed by atoms with Gasteiger partial charge in [-0.25, -0.2) is 4.79 Å². The highest BCUT2D eigenvalue weighted by Crippen LogP contribution is 2.29. The summed E-state index contributed by atoms with van der Waals surface area (Å²) in [5.74, 6) is -0.766. The highest BCUT2D eigenvalue weighted by atomic mass is 16.4. The molecule has 1 saturated heterocycles. The van der Waals surface area contributed by atoms with Gasteiger partial charge in [-0.1, -0.05) is 43.2 Å². The van der Waals surface area contributed by atoms with Crippen LogP contribution in [0, 0.1) is 0 Å². The first-order valence-corrected chi connectivity index (χ1v) is 8.51. The van der Waals surface area contributed by atoms with Crippen LogP contribution in [0.5, 0.6) is 0 Å². The van der Waals surface area contributed by atoms with Gasteiger partial charge in [0.15, 0.2) is 0 Å². The molecule has 2 rings (SSSR count). The number of nitrogens with one attached hydrogen (secondary N) is 1. The molecule has 6 heteroatoms. The van der Waals surface area contributed by atoms with Gasteiger partial charge in [0.05, 0.1) is 24.7 Å². The van der Waals surface area contributed by atoms with Crippen molar-refractivity contribution in [3.8, 4) is 0 Å². The zero-order valence-electron chi connectivity index (χ0n) is 14.0. The second-order valence-electron chi connectivity index (χ2n) is 6.31. The summed E-state index contributed by atoms with van der Waals surface area (Å²) in [6, 6.07) is 9.05. The molecule has 24 heavy (non-hydrogen) atoms. The SMILES string of the molecule is C[C@@H]1[C@H](CCCCCC(=O)O)NC(=O)N1[C@@H](CO)c1ccccc1. The maximum atomic E-state index is 12.4. The quantitative estimate of drug-likeness (QED) is 0.605. The molecule has 1 aromatic rings.